The summed E-state index contributed by atoms with van der Waals surface area (Å²) in [6, 6.07) is 8.36. The van der Waals surface area contributed by atoms with Crippen molar-refractivity contribution < 1.29 is 4.74 Å². The van der Waals surface area contributed by atoms with Gasteiger partial charge in [-0.3, -0.25) is 5.32 Å². The topological polar surface area (TPSA) is 45.0 Å². The summed E-state index contributed by atoms with van der Waals surface area (Å²) in [5.41, 5.74) is 3.45. The molecular weight excluding hydrogens is 224 g/mol. The van der Waals surface area contributed by atoms with Crippen LogP contribution in [0.3, 0.4) is 0 Å². The molecule has 1 aromatic carbocycles. The highest BCUT2D eigenvalue weighted by atomic mass is 16.5. The maximum atomic E-state index is 9.28. The molecule has 0 saturated carbocycles. The molecule has 0 aromatic heterocycles. The Labute approximate surface area is 109 Å². The van der Waals surface area contributed by atoms with Crippen molar-refractivity contribution >= 4 is 0 Å². The Bertz CT molecular complexity index is 424. The highest BCUT2D eigenvalue weighted by molar-refractivity contribution is 5.33. The van der Waals surface area contributed by atoms with Gasteiger partial charge in [0, 0.05) is 13.2 Å². The minimum atomic E-state index is -0.243. The van der Waals surface area contributed by atoms with Crippen LogP contribution in [0.4, 0.5) is 0 Å². The Morgan fingerprint density at radius 2 is 2.11 bits per heavy atom. The Balaban J connectivity index is 2.01. The molecule has 0 bridgehead atoms. The standard InChI is InChI=1S/C15H20N2O/c1-11-6-12(2)8-13(7-11)15(9-16)17-10-14-4-3-5-18-14/h6-8,14-15,17H,3-5,10H2,1-2H3. The van der Waals surface area contributed by atoms with Gasteiger partial charge in [-0.2, -0.15) is 5.26 Å². The van der Waals surface area contributed by atoms with Crippen LogP contribution in [-0.4, -0.2) is 19.3 Å². The van der Waals surface area contributed by atoms with Crippen LogP contribution in [0.2, 0.25) is 0 Å². The third-order valence-corrected chi connectivity index (χ3v) is 3.28. The normalized spacial score (nSPS) is 20.6. The third-order valence-electron chi connectivity index (χ3n) is 3.28. The van der Waals surface area contributed by atoms with Crippen LogP contribution < -0.4 is 5.32 Å². The maximum absolute atomic E-state index is 9.28. The molecule has 2 unspecified atom stereocenters. The molecule has 96 valence electrons. The van der Waals surface area contributed by atoms with E-state index in [9.17, 15) is 5.26 Å². The lowest BCUT2D eigenvalue weighted by atomic mass is 10.0. The predicted octanol–water partition coefficient (Wildman–Crippen LogP) is 2.64. The molecule has 1 aliphatic heterocycles. The van der Waals surface area contributed by atoms with Crippen LogP contribution in [-0.2, 0) is 4.74 Å². The Morgan fingerprint density at radius 1 is 1.39 bits per heavy atom. The van der Waals surface area contributed by atoms with Crippen molar-refractivity contribution in [1.29, 1.82) is 5.26 Å². The Kier molecular flexibility index (Phi) is 4.35. The van der Waals surface area contributed by atoms with E-state index in [1.165, 1.54) is 11.1 Å². The zero-order valence-electron chi connectivity index (χ0n) is 11.1. The SMILES string of the molecule is Cc1cc(C)cc(C(C#N)NCC2CCCO2)c1. The van der Waals surface area contributed by atoms with Crippen molar-refractivity contribution in [2.45, 2.75) is 38.8 Å². The molecule has 3 heteroatoms. The van der Waals surface area contributed by atoms with Crippen LogP contribution >= 0.6 is 0 Å². The highest BCUT2D eigenvalue weighted by Crippen LogP contribution is 2.18. The van der Waals surface area contributed by atoms with Gasteiger partial charge in [-0.25, -0.2) is 0 Å². The summed E-state index contributed by atoms with van der Waals surface area (Å²) >= 11 is 0. The molecule has 0 spiro atoms. The average molecular weight is 244 g/mol. The molecule has 1 saturated heterocycles. The fourth-order valence-electron chi connectivity index (χ4n) is 2.47. The molecule has 1 heterocycles. The Hall–Kier alpha value is -1.37. The summed E-state index contributed by atoms with van der Waals surface area (Å²) in [4.78, 5) is 0. The quantitative estimate of drug-likeness (QED) is 0.885. The number of rotatable bonds is 4. The van der Waals surface area contributed by atoms with Crippen molar-refractivity contribution in [3.63, 3.8) is 0 Å². The number of hydrogen-bond donors (Lipinski definition) is 1. The van der Waals surface area contributed by atoms with Gasteiger partial charge in [-0.15, -0.1) is 0 Å². The first-order chi connectivity index (χ1) is 8.69. The van der Waals surface area contributed by atoms with Gasteiger partial charge in [-0.1, -0.05) is 29.3 Å². The monoisotopic (exact) mass is 244 g/mol. The molecule has 2 rings (SSSR count). The molecule has 0 radical (unpaired) electrons. The van der Waals surface area contributed by atoms with E-state index >= 15 is 0 Å². The molecule has 18 heavy (non-hydrogen) atoms. The van der Waals surface area contributed by atoms with Crippen molar-refractivity contribution in [3.8, 4) is 6.07 Å². The number of benzene rings is 1. The minimum Gasteiger partial charge on any atom is -0.377 e. The third kappa shape index (κ3) is 3.32. The second kappa shape index (κ2) is 5.99. The summed E-state index contributed by atoms with van der Waals surface area (Å²) in [6.45, 7) is 5.73. The van der Waals surface area contributed by atoms with Crippen LogP contribution in [0.25, 0.3) is 0 Å². The smallest absolute Gasteiger partial charge is 0.121 e. The number of nitrogens with zero attached hydrogens (tertiary/aromatic N) is 1. The number of nitrogens with one attached hydrogen (secondary N) is 1. The van der Waals surface area contributed by atoms with E-state index in [0.717, 1.165) is 31.6 Å². The van der Waals surface area contributed by atoms with Gasteiger partial charge < -0.3 is 4.74 Å². The maximum Gasteiger partial charge on any atom is 0.121 e. The van der Waals surface area contributed by atoms with Gasteiger partial charge >= 0.3 is 0 Å². The van der Waals surface area contributed by atoms with Gasteiger partial charge in [0.15, 0.2) is 0 Å². The molecule has 0 amide bonds. The van der Waals surface area contributed by atoms with E-state index in [4.69, 9.17) is 4.74 Å². The second-order valence-electron chi connectivity index (χ2n) is 5.03. The van der Waals surface area contributed by atoms with Crippen LogP contribution in [0.5, 0.6) is 0 Å². The summed E-state index contributed by atoms with van der Waals surface area (Å²) in [5, 5.41) is 12.6. The lowest BCUT2D eigenvalue weighted by Crippen LogP contribution is -2.29. The number of hydrogen-bond acceptors (Lipinski definition) is 3. The number of ether oxygens (including phenoxy) is 1. The fourth-order valence-corrected chi connectivity index (χ4v) is 2.47. The van der Waals surface area contributed by atoms with Gasteiger partial charge in [0.25, 0.3) is 0 Å². The first-order valence-electron chi connectivity index (χ1n) is 6.52. The van der Waals surface area contributed by atoms with Crippen LogP contribution in [0, 0.1) is 25.2 Å². The highest BCUT2D eigenvalue weighted by Gasteiger charge is 2.18. The zero-order chi connectivity index (χ0) is 13.0. The molecule has 1 aliphatic rings. The summed E-state index contributed by atoms with van der Waals surface area (Å²) in [7, 11) is 0. The predicted molar refractivity (Wildman–Crippen MR) is 71.2 cm³/mol. The van der Waals surface area contributed by atoms with Crippen molar-refractivity contribution in [2.24, 2.45) is 0 Å². The van der Waals surface area contributed by atoms with Gasteiger partial charge in [0.2, 0.25) is 0 Å². The van der Waals surface area contributed by atoms with E-state index in [-0.39, 0.29) is 12.1 Å². The average Bonchev–Trinajstić information content (AvgIpc) is 2.81. The van der Waals surface area contributed by atoms with Gasteiger partial charge in [0.1, 0.15) is 6.04 Å². The first-order valence-corrected chi connectivity index (χ1v) is 6.52. The van der Waals surface area contributed by atoms with E-state index in [2.05, 4.69) is 43.4 Å². The van der Waals surface area contributed by atoms with E-state index in [1.54, 1.807) is 0 Å². The van der Waals surface area contributed by atoms with Gasteiger partial charge in [-0.05, 0) is 32.3 Å². The van der Waals surface area contributed by atoms with Crippen molar-refractivity contribution in [1.82, 2.24) is 5.32 Å². The van der Waals surface area contributed by atoms with Crippen molar-refractivity contribution in [2.75, 3.05) is 13.2 Å². The molecular formula is C15H20N2O. The lowest BCUT2D eigenvalue weighted by Gasteiger charge is -2.16. The summed E-state index contributed by atoms with van der Waals surface area (Å²) in [5.74, 6) is 0. The van der Waals surface area contributed by atoms with E-state index in [1.807, 2.05) is 0 Å². The number of nitriles is 1. The minimum absolute atomic E-state index is 0.243. The molecule has 1 N–H and O–H groups in total. The Morgan fingerprint density at radius 3 is 2.67 bits per heavy atom. The lowest BCUT2D eigenvalue weighted by molar-refractivity contribution is 0.109. The van der Waals surface area contributed by atoms with Crippen molar-refractivity contribution in [3.05, 3.63) is 34.9 Å². The van der Waals surface area contributed by atoms with Crippen LogP contribution in [0.15, 0.2) is 18.2 Å². The molecule has 3 nitrogen and oxygen atoms in total. The summed E-state index contributed by atoms with van der Waals surface area (Å²) < 4.78 is 5.56. The molecule has 1 aromatic rings. The molecule has 2 atom stereocenters. The van der Waals surface area contributed by atoms with E-state index < -0.39 is 0 Å². The molecule has 0 aliphatic carbocycles. The van der Waals surface area contributed by atoms with Crippen LogP contribution in [0.1, 0.15) is 35.6 Å². The second-order valence-corrected chi connectivity index (χ2v) is 5.03. The largest absolute Gasteiger partial charge is 0.377 e. The van der Waals surface area contributed by atoms with E-state index in [0.29, 0.717) is 0 Å². The number of aryl methyl sites for hydroxylation is 2. The van der Waals surface area contributed by atoms with Gasteiger partial charge in [0.05, 0.1) is 12.2 Å². The first kappa shape index (κ1) is 13.1. The molecule has 1 fully saturated rings. The fraction of sp³-hybridized carbons (Fsp3) is 0.533. The summed E-state index contributed by atoms with van der Waals surface area (Å²) in [6.07, 6.45) is 2.50. The zero-order valence-corrected chi connectivity index (χ0v) is 11.1.